The Morgan fingerprint density at radius 3 is 2.54 bits per heavy atom. The number of aromatic nitrogens is 1. The Bertz CT molecular complexity index is 1190. The van der Waals surface area contributed by atoms with Crippen LogP contribution in [0.25, 0.3) is 10.2 Å². The summed E-state index contributed by atoms with van der Waals surface area (Å²) >= 11 is 1.42. The second-order valence-corrected chi connectivity index (χ2v) is 7.92. The molecule has 1 aromatic heterocycles. The summed E-state index contributed by atoms with van der Waals surface area (Å²) in [5, 5.41) is 0. The first kappa shape index (κ1) is 18.3. The van der Waals surface area contributed by atoms with Crippen molar-refractivity contribution in [3.8, 4) is 23.8 Å². The van der Waals surface area contributed by atoms with Gasteiger partial charge in [-0.3, -0.25) is 4.79 Å². The molecule has 0 unspecified atom stereocenters. The van der Waals surface area contributed by atoms with Crippen molar-refractivity contribution < 1.29 is 14.3 Å². The summed E-state index contributed by atoms with van der Waals surface area (Å²) in [7, 11) is 0. The number of amides is 1. The van der Waals surface area contributed by atoms with Gasteiger partial charge in [-0.05, 0) is 37.5 Å². The lowest BCUT2D eigenvalue weighted by Gasteiger charge is -2.09. The first-order chi connectivity index (χ1) is 13.5. The van der Waals surface area contributed by atoms with Crippen molar-refractivity contribution in [2.75, 3.05) is 6.79 Å². The molecule has 0 fully saturated rings. The van der Waals surface area contributed by atoms with E-state index in [0.29, 0.717) is 22.8 Å². The zero-order valence-electron chi connectivity index (χ0n) is 16.0. The highest BCUT2D eigenvalue weighted by molar-refractivity contribution is 7.16. The fourth-order valence-electron chi connectivity index (χ4n) is 3.58. The summed E-state index contributed by atoms with van der Waals surface area (Å²) in [6, 6.07) is 7.99. The fourth-order valence-corrected chi connectivity index (χ4v) is 4.63. The number of rotatable bonds is 3. The average Bonchev–Trinajstić information content (AvgIpc) is 3.21. The molecule has 142 valence electrons. The van der Waals surface area contributed by atoms with E-state index in [0.717, 1.165) is 26.9 Å². The number of aryl methyl sites for hydroxylation is 3. The van der Waals surface area contributed by atoms with E-state index in [4.69, 9.17) is 15.9 Å². The molecule has 28 heavy (non-hydrogen) atoms. The van der Waals surface area contributed by atoms with Crippen LogP contribution in [0, 0.1) is 33.1 Å². The normalized spacial score (nSPS) is 13.1. The Kier molecular flexibility index (Phi) is 4.70. The maximum absolute atomic E-state index is 12.7. The molecular weight excluding hydrogens is 372 g/mol. The molecule has 5 nitrogen and oxygen atoms in total. The predicted molar refractivity (Wildman–Crippen MR) is 110 cm³/mol. The van der Waals surface area contributed by atoms with Gasteiger partial charge in [-0.1, -0.05) is 35.0 Å². The standard InChI is InChI=1S/C22H20N2O3S/c1-5-6-24-17-10-18-19(27-12-26-18)11-20(17)28-22(24)23-21(25)9-16-14(3)7-13(2)8-15(16)4/h1,7-8,10-11H,6,9,12H2,2-4H3. The summed E-state index contributed by atoms with van der Waals surface area (Å²) in [6.07, 6.45) is 5.82. The van der Waals surface area contributed by atoms with Gasteiger partial charge in [0.15, 0.2) is 16.3 Å². The average molecular weight is 392 g/mol. The molecule has 1 aliphatic rings. The van der Waals surface area contributed by atoms with E-state index < -0.39 is 0 Å². The summed E-state index contributed by atoms with van der Waals surface area (Å²) in [5.41, 5.74) is 5.34. The van der Waals surface area contributed by atoms with Gasteiger partial charge in [0.2, 0.25) is 6.79 Å². The highest BCUT2D eigenvalue weighted by Gasteiger charge is 2.18. The molecule has 1 aliphatic heterocycles. The zero-order chi connectivity index (χ0) is 19.8. The Hall–Kier alpha value is -3.04. The largest absolute Gasteiger partial charge is 0.454 e. The molecule has 3 aromatic rings. The van der Waals surface area contributed by atoms with Gasteiger partial charge >= 0.3 is 0 Å². The summed E-state index contributed by atoms with van der Waals surface area (Å²) < 4.78 is 13.7. The molecule has 6 heteroatoms. The van der Waals surface area contributed by atoms with Crippen LogP contribution in [0.2, 0.25) is 0 Å². The third-order valence-corrected chi connectivity index (χ3v) is 5.86. The van der Waals surface area contributed by atoms with Gasteiger partial charge in [-0.25, -0.2) is 0 Å². The molecule has 2 aromatic carbocycles. The molecule has 1 amide bonds. The Labute approximate surface area is 167 Å². The second kappa shape index (κ2) is 7.17. The van der Waals surface area contributed by atoms with Crippen LogP contribution in [0.15, 0.2) is 29.3 Å². The quantitative estimate of drug-likeness (QED) is 0.639. The smallest absolute Gasteiger partial charge is 0.252 e. The van der Waals surface area contributed by atoms with Crippen LogP contribution in [-0.4, -0.2) is 17.3 Å². The third kappa shape index (κ3) is 3.30. The lowest BCUT2D eigenvalue weighted by molar-refractivity contribution is -0.117. The summed E-state index contributed by atoms with van der Waals surface area (Å²) in [5.74, 6) is 3.84. The molecule has 0 saturated carbocycles. The number of fused-ring (bicyclic) bond motifs is 2. The lowest BCUT2D eigenvalue weighted by atomic mass is 9.97. The fraction of sp³-hybridized carbons (Fsp3) is 0.273. The molecule has 0 bridgehead atoms. The van der Waals surface area contributed by atoms with Crippen LogP contribution >= 0.6 is 11.3 Å². The van der Waals surface area contributed by atoms with Gasteiger partial charge in [0.25, 0.3) is 5.91 Å². The SMILES string of the molecule is C#CCn1c(=NC(=O)Cc2c(C)cc(C)cc2C)sc2cc3c(cc21)OCO3. The van der Waals surface area contributed by atoms with Crippen LogP contribution in [0.5, 0.6) is 11.5 Å². The van der Waals surface area contributed by atoms with Gasteiger partial charge in [-0.15, -0.1) is 6.42 Å². The number of carbonyl (C=O) groups is 1. The highest BCUT2D eigenvalue weighted by Crippen LogP contribution is 2.36. The second-order valence-electron chi connectivity index (χ2n) is 6.91. The molecule has 0 radical (unpaired) electrons. The van der Waals surface area contributed by atoms with E-state index in [1.807, 2.05) is 30.5 Å². The van der Waals surface area contributed by atoms with Crippen molar-refractivity contribution in [2.24, 2.45) is 4.99 Å². The summed E-state index contributed by atoms with van der Waals surface area (Å²) in [6.45, 7) is 6.66. The third-order valence-electron chi connectivity index (χ3n) is 4.82. The number of nitrogens with zero attached hydrogens (tertiary/aromatic N) is 2. The number of hydrogen-bond donors (Lipinski definition) is 0. The van der Waals surface area contributed by atoms with E-state index in [2.05, 4.69) is 30.0 Å². The number of hydrogen-bond acceptors (Lipinski definition) is 4. The summed E-state index contributed by atoms with van der Waals surface area (Å²) in [4.78, 5) is 17.7. The first-order valence-corrected chi connectivity index (χ1v) is 9.78. The van der Waals surface area contributed by atoms with Crippen LogP contribution in [0.1, 0.15) is 22.3 Å². The maximum atomic E-state index is 12.7. The van der Waals surface area contributed by atoms with E-state index in [9.17, 15) is 4.79 Å². The van der Waals surface area contributed by atoms with Crippen molar-refractivity contribution in [2.45, 2.75) is 33.7 Å². The monoisotopic (exact) mass is 392 g/mol. The number of ether oxygens (including phenoxy) is 2. The number of benzene rings is 2. The zero-order valence-corrected chi connectivity index (χ0v) is 16.9. The first-order valence-electron chi connectivity index (χ1n) is 8.97. The molecule has 0 aliphatic carbocycles. The minimum atomic E-state index is -0.188. The number of carbonyl (C=O) groups excluding carboxylic acids is 1. The molecule has 2 heterocycles. The van der Waals surface area contributed by atoms with E-state index in [1.165, 1.54) is 16.9 Å². The Balaban J connectivity index is 1.76. The minimum Gasteiger partial charge on any atom is -0.454 e. The highest BCUT2D eigenvalue weighted by atomic mass is 32.1. The van der Waals surface area contributed by atoms with Gasteiger partial charge in [0.1, 0.15) is 0 Å². The molecular formula is C22H20N2O3S. The lowest BCUT2D eigenvalue weighted by Crippen LogP contribution is -2.17. The van der Waals surface area contributed by atoms with Crippen molar-refractivity contribution in [3.05, 3.63) is 51.3 Å². The van der Waals surface area contributed by atoms with Gasteiger partial charge in [0, 0.05) is 12.1 Å². The van der Waals surface area contributed by atoms with Crippen molar-refractivity contribution in [1.29, 1.82) is 0 Å². The van der Waals surface area contributed by atoms with E-state index in [1.54, 1.807) is 0 Å². The van der Waals surface area contributed by atoms with Crippen molar-refractivity contribution in [3.63, 3.8) is 0 Å². The van der Waals surface area contributed by atoms with Gasteiger partial charge < -0.3 is 14.0 Å². The Morgan fingerprint density at radius 2 is 1.86 bits per heavy atom. The molecule has 4 rings (SSSR count). The predicted octanol–water partition coefficient (Wildman–Crippen LogP) is 3.66. The van der Waals surface area contributed by atoms with Gasteiger partial charge in [-0.2, -0.15) is 4.99 Å². The van der Waals surface area contributed by atoms with Crippen LogP contribution in [0.4, 0.5) is 0 Å². The molecule has 0 saturated heterocycles. The van der Waals surface area contributed by atoms with Crippen LogP contribution in [0.3, 0.4) is 0 Å². The van der Waals surface area contributed by atoms with Crippen LogP contribution < -0.4 is 14.3 Å². The maximum Gasteiger partial charge on any atom is 0.252 e. The molecule has 0 atom stereocenters. The van der Waals surface area contributed by atoms with E-state index in [-0.39, 0.29) is 19.1 Å². The Morgan fingerprint density at radius 1 is 1.18 bits per heavy atom. The molecule has 0 spiro atoms. The van der Waals surface area contributed by atoms with Crippen LogP contribution in [-0.2, 0) is 17.8 Å². The van der Waals surface area contributed by atoms with Crippen molar-refractivity contribution >= 4 is 27.5 Å². The van der Waals surface area contributed by atoms with Gasteiger partial charge in [0.05, 0.1) is 23.2 Å². The van der Waals surface area contributed by atoms with Crippen molar-refractivity contribution in [1.82, 2.24) is 4.57 Å². The number of terminal acetylenes is 1. The number of thiazole rings is 1. The topological polar surface area (TPSA) is 52.8 Å². The van der Waals surface area contributed by atoms with E-state index >= 15 is 0 Å². The minimum absolute atomic E-state index is 0.188. The molecule has 0 N–H and O–H groups in total.